The summed E-state index contributed by atoms with van der Waals surface area (Å²) in [7, 11) is -3.89. The van der Waals surface area contributed by atoms with Gasteiger partial charge >= 0.3 is 6.16 Å². The van der Waals surface area contributed by atoms with Gasteiger partial charge in [0.15, 0.2) is 5.75 Å². The van der Waals surface area contributed by atoms with Gasteiger partial charge in [-0.15, -0.1) is 0 Å². The Morgan fingerprint density at radius 3 is 2.32 bits per heavy atom. The summed E-state index contributed by atoms with van der Waals surface area (Å²) >= 11 is 6.13. The van der Waals surface area contributed by atoms with E-state index < -0.39 is 21.9 Å². The predicted molar refractivity (Wildman–Crippen MR) is 106 cm³/mol. The summed E-state index contributed by atoms with van der Waals surface area (Å²) in [5.41, 5.74) is 0.805. The van der Waals surface area contributed by atoms with Gasteiger partial charge in [-0.05, 0) is 57.0 Å². The molecular formula is C20H23ClO6S. The predicted octanol–water partition coefficient (Wildman–Crippen LogP) is 5.26. The second-order valence-electron chi connectivity index (χ2n) is 6.86. The minimum atomic E-state index is -3.89. The molecule has 0 heterocycles. The monoisotopic (exact) mass is 426 g/mol. The number of hydrogen-bond donors (Lipinski definition) is 0. The summed E-state index contributed by atoms with van der Waals surface area (Å²) in [6.07, 6.45) is -0.235. The second-order valence-corrected chi connectivity index (χ2v) is 8.88. The van der Waals surface area contributed by atoms with Gasteiger partial charge < -0.3 is 9.47 Å². The molecule has 152 valence electrons. The minimum absolute atomic E-state index is 0.0745. The third-order valence-corrected chi connectivity index (χ3v) is 5.66. The van der Waals surface area contributed by atoms with Gasteiger partial charge in [0.05, 0.1) is 16.5 Å². The fraction of sp³-hybridized carbons (Fsp3) is 0.350. The molecular weight excluding hydrogens is 404 g/mol. The number of carbonyl (C=O) groups excluding carboxylic acids is 1. The van der Waals surface area contributed by atoms with Crippen molar-refractivity contribution in [3.05, 3.63) is 58.6 Å². The van der Waals surface area contributed by atoms with Gasteiger partial charge in [0.2, 0.25) is 0 Å². The maximum atomic E-state index is 12.2. The lowest BCUT2D eigenvalue weighted by molar-refractivity contribution is 0.00707. The van der Waals surface area contributed by atoms with Gasteiger partial charge in [0.1, 0.15) is 5.60 Å². The highest BCUT2D eigenvalue weighted by molar-refractivity contribution is 7.86. The first-order valence-corrected chi connectivity index (χ1v) is 10.5. The van der Waals surface area contributed by atoms with Crippen LogP contribution in [0.3, 0.4) is 0 Å². The Morgan fingerprint density at radius 1 is 1.11 bits per heavy atom. The van der Waals surface area contributed by atoms with Gasteiger partial charge in [-0.1, -0.05) is 42.3 Å². The molecule has 0 aliphatic carbocycles. The number of rotatable bonds is 7. The van der Waals surface area contributed by atoms with E-state index in [2.05, 4.69) is 0 Å². The van der Waals surface area contributed by atoms with Crippen LogP contribution in [0.15, 0.2) is 47.4 Å². The van der Waals surface area contributed by atoms with E-state index in [0.29, 0.717) is 12.0 Å². The third kappa shape index (κ3) is 6.22. The topological polar surface area (TPSA) is 78.9 Å². The molecule has 28 heavy (non-hydrogen) atoms. The summed E-state index contributed by atoms with van der Waals surface area (Å²) in [6, 6.07) is 10.8. The van der Waals surface area contributed by atoms with E-state index in [9.17, 15) is 13.2 Å². The van der Waals surface area contributed by atoms with Crippen LogP contribution in [0.4, 0.5) is 4.79 Å². The van der Waals surface area contributed by atoms with Crippen molar-refractivity contribution in [3.63, 3.8) is 0 Å². The van der Waals surface area contributed by atoms with Crippen LogP contribution in [-0.2, 0) is 25.6 Å². The first-order chi connectivity index (χ1) is 13.0. The Bertz CT molecular complexity index is 936. The van der Waals surface area contributed by atoms with E-state index in [1.165, 1.54) is 24.3 Å². The van der Waals surface area contributed by atoms with Crippen molar-refractivity contribution in [1.29, 1.82) is 0 Å². The Balaban J connectivity index is 2.02. The summed E-state index contributed by atoms with van der Waals surface area (Å²) in [5, 5.41) is 0.139. The molecule has 2 aromatic rings. The quantitative estimate of drug-likeness (QED) is 0.341. The minimum Gasteiger partial charge on any atom is -0.428 e. The van der Waals surface area contributed by atoms with Crippen LogP contribution < -0.4 is 4.74 Å². The van der Waals surface area contributed by atoms with Crippen molar-refractivity contribution in [3.8, 4) is 5.75 Å². The Hall–Kier alpha value is -2.09. The SMILES string of the molecule is CCC(C)(C)OC(=O)Oc1ccc(COS(=O)(=O)c2ccc(C)cc2)cc1Cl. The maximum absolute atomic E-state index is 12.2. The zero-order valence-corrected chi connectivity index (χ0v) is 17.8. The third-order valence-electron chi connectivity index (χ3n) is 4.09. The zero-order valence-electron chi connectivity index (χ0n) is 16.2. The first kappa shape index (κ1) is 22.2. The molecule has 0 aliphatic rings. The molecule has 2 aromatic carbocycles. The number of halogens is 1. The van der Waals surface area contributed by atoms with E-state index in [1.807, 2.05) is 13.8 Å². The van der Waals surface area contributed by atoms with E-state index >= 15 is 0 Å². The average molecular weight is 427 g/mol. The molecule has 0 N–H and O–H groups in total. The largest absolute Gasteiger partial charge is 0.514 e. The highest BCUT2D eigenvalue weighted by atomic mass is 35.5. The van der Waals surface area contributed by atoms with Gasteiger partial charge in [-0.2, -0.15) is 8.42 Å². The molecule has 0 aromatic heterocycles. The standard InChI is InChI=1S/C20H23ClO6S/c1-5-20(3,4)27-19(22)26-18-11-8-15(12-17(18)21)13-25-28(23,24)16-9-6-14(2)7-10-16/h6-12H,5,13H2,1-4H3. The Morgan fingerprint density at radius 2 is 1.75 bits per heavy atom. The molecule has 0 radical (unpaired) electrons. The van der Waals surface area contributed by atoms with Crippen LogP contribution in [0, 0.1) is 6.92 Å². The van der Waals surface area contributed by atoms with Crippen molar-refractivity contribution < 1.29 is 26.9 Å². The maximum Gasteiger partial charge on any atom is 0.514 e. The van der Waals surface area contributed by atoms with Crippen LogP contribution in [-0.4, -0.2) is 20.2 Å². The molecule has 0 aliphatic heterocycles. The van der Waals surface area contributed by atoms with Crippen LogP contribution in [0.5, 0.6) is 5.75 Å². The van der Waals surface area contributed by atoms with Crippen molar-refractivity contribution in [2.45, 2.75) is 51.2 Å². The van der Waals surface area contributed by atoms with Crippen molar-refractivity contribution in [1.82, 2.24) is 0 Å². The molecule has 8 heteroatoms. The smallest absolute Gasteiger partial charge is 0.428 e. The lowest BCUT2D eigenvalue weighted by atomic mass is 10.1. The number of hydrogen-bond acceptors (Lipinski definition) is 6. The van der Waals surface area contributed by atoms with Crippen molar-refractivity contribution in [2.24, 2.45) is 0 Å². The first-order valence-electron chi connectivity index (χ1n) is 8.68. The lowest BCUT2D eigenvalue weighted by Crippen LogP contribution is -2.28. The van der Waals surface area contributed by atoms with Gasteiger partial charge in [-0.25, -0.2) is 4.79 Å². The summed E-state index contributed by atoms with van der Waals surface area (Å²) in [4.78, 5) is 11.9. The molecule has 0 atom stereocenters. The highest BCUT2D eigenvalue weighted by Crippen LogP contribution is 2.27. The van der Waals surface area contributed by atoms with Gasteiger partial charge in [0.25, 0.3) is 10.1 Å². The van der Waals surface area contributed by atoms with Crippen LogP contribution in [0.25, 0.3) is 0 Å². The number of aryl methyl sites for hydroxylation is 1. The van der Waals surface area contributed by atoms with Gasteiger partial charge in [-0.3, -0.25) is 4.18 Å². The molecule has 6 nitrogen and oxygen atoms in total. The van der Waals surface area contributed by atoms with E-state index in [0.717, 1.165) is 5.56 Å². The molecule has 0 saturated carbocycles. The van der Waals surface area contributed by atoms with E-state index in [4.69, 9.17) is 25.3 Å². The normalized spacial score (nSPS) is 11.9. The molecule has 0 unspecified atom stereocenters. The highest BCUT2D eigenvalue weighted by Gasteiger charge is 2.22. The molecule has 0 saturated heterocycles. The van der Waals surface area contributed by atoms with Gasteiger partial charge in [0, 0.05) is 0 Å². The molecule has 0 bridgehead atoms. The van der Waals surface area contributed by atoms with Crippen molar-refractivity contribution in [2.75, 3.05) is 0 Å². The number of carbonyl (C=O) groups is 1. The Labute approximate surface area is 170 Å². The van der Waals surface area contributed by atoms with Crippen LogP contribution in [0.1, 0.15) is 38.3 Å². The van der Waals surface area contributed by atoms with Crippen molar-refractivity contribution >= 4 is 27.9 Å². The lowest BCUT2D eigenvalue weighted by Gasteiger charge is -2.22. The van der Waals surface area contributed by atoms with Crippen LogP contribution in [0.2, 0.25) is 5.02 Å². The summed E-state index contributed by atoms with van der Waals surface area (Å²) in [5.74, 6) is 0.115. The van der Waals surface area contributed by atoms with E-state index in [-0.39, 0.29) is 22.3 Å². The second kappa shape index (κ2) is 8.94. The molecule has 2 rings (SSSR count). The number of benzene rings is 2. The average Bonchev–Trinajstić information content (AvgIpc) is 2.62. The summed E-state index contributed by atoms with van der Waals surface area (Å²) < 4.78 is 39.9. The fourth-order valence-corrected chi connectivity index (χ4v) is 3.18. The summed E-state index contributed by atoms with van der Waals surface area (Å²) in [6.45, 7) is 7.08. The number of ether oxygens (including phenoxy) is 2. The Kier molecular flexibility index (Phi) is 7.09. The molecule has 0 amide bonds. The molecule has 0 spiro atoms. The van der Waals surface area contributed by atoms with Crippen LogP contribution >= 0.6 is 11.6 Å². The van der Waals surface area contributed by atoms with E-state index in [1.54, 1.807) is 32.0 Å². The molecule has 0 fully saturated rings. The fourth-order valence-electron chi connectivity index (χ4n) is 2.04. The zero-order chi connectivity index (χ0) is 20.9.